The van der Waals surface area contributed by atoms with Crippen LogP contribution in [0.1, 0.15) is 0 Å². The molecular formula is C2H8O2Si2. The monoisotopic (exact) mass is 120 g/mol. The lowest BCUT2D eigenvalue weighted by Gasteiger charge is -1.93. The Morgan fingerprint density at radius 3 is 2.50 bits per heavy atom. The minimum atomic E-state index is -1.83. The maximum Gasteiger partial charge on any atom is 0.334 e. The van der Waals surface area contributed by atoms with Gasteiger partial charge >= 0.3 is 9.28 Å². The predicted octanol–water partition coefficient (Wildman–Crippen LogP) is -1.78. The molecular weight excluding hydrogens is 112 g/mol. The molecule has 0 aliphatic heterocycles. The topological polar surface area (TPSA) is 29.5 Å². The van der Waals surface area contributed by atoms with E-state index < -0.39 is 9.28 Å². The molecule has 0 aliphatic rings. The zero-order chi connectivity index (χ0) is 4.99. The van der Waals surface area contributed by atoms with Gasteiger partial charge in [0, 0.05) is 0 Å². The summed E-state index contributed by atoms with van der Waals surface area (Å²) >= 11 is 0. The van der Waals surface area contributed by atoms with Crippen molar-refractivity contribution in [2.24, 2.45) is 0 Å². The lowest BCUT2D eigenvalue weighted by molar-refractivity contribution is 0.454. The Morgan fingerprint density at radius 2 is 2.50 bits per heavy atom. The highest BCUT2D eigenvalue weighted by molar-refractivity contribution is 6.52. The quantitative estimate of drug-likeness (QED) is 0.437. The van der Waals surface area contributed by atoms with E-state index in [0.29, 0.717) is 10.5 Å². The summed E-state index contributed by atoms with van der Waals surface area (Å²) in [6, 6.07) is 0. The van der Waals surface area contributed by atoms with Crippen LogP contribution >= 0.6 is 0 Å². The Kier molecular flexibility index (Phi) is 3.34. The lowest BCUT2D eigenvalue weighted by Crippen LogP contribution is -2.11. The van der Waals surface area contributed by atoms with Crippen molar-refractivity contribution in [1.82, 2.24) is 0 Å². The normalized spacial score (nSPS) is 14.2. The third-order valence-electron chi connectivity index (χ3n) is 0.443. The lowest BCUT2D eigenvalue weighted by atomic mass is 11.3. The van der Waals surface area contributed by atoms with Crippen LogP contribution in [0.15, 0.2) is 12.3 Å². The molecule has 1 atom stereocenters. The van der Waals surface area contributed by atoms with Gasteiger partial charge in [0.25, 0.3) is 0 Å². The van der Waals surface area contributed by atoms with Gasteiger partial charge in [0.15, 0.2) is 0 Å². The van der Waals surface area contributed by atoms with Crippen molar-refractivity contribution >= 4 is 19.8 Å². The van der Waals surface area contributed by atoms with E-state index in [1.165, 1.54) is 5.70 Å². The molecule has 2 nitrogen and oxygen atoms in total. The maximum atomic E-state index is 8.50. The molecule has 0 aliphatic carbocycles. The fourth-order valence-electron chi connectivity index (χ4n) is 0.0962. The van der Waals surface area contributed by atoms with Gasteiger partial charge in [-0.05, 0) is 0 Å². The molecule has 0 aromatic carbocycles. The molecule has 6 heavy (non-hydrogen) atoms. The molecule has 36 valence electrons. The fraction of sp³-hybridized carbons (Fsp3) is 0. The molecule has 0 heterocycles. The molecule has 1 N–H and O–H groups in total. The van der Waals surface area contributed by atoms with E-state index in [1.54, 1.807) is 0 Å². The van der Waals surface area contributed by atoms with Crippen molar-refractivity contribution in [3.63, 3.8) is 0 Å². The van der Waals surface area contributed by atoms with E-state index in [0.717, 1.165) is 0 Å². The zero-order valence-electron chi connectivity index (χ0n) is 3.72. The summed E-state index contributed by atoms with van der Waals surface area (Å²) < 4.78 is 4.61. The zero-order valence-corrected chi connectivity index (χ0v) is 6.87. The van der Waals surface area contributed by atoms with Gasteiger partial charge in [0.2, 0.25) is 0 Å². The van der Waals surface area contributed by atoms with Crippen molar-refractivity contribution in [2.45, 2.75) is 0 Å². The fourth-order valence-corrected chi connectivity index (χ4v) is 0.866. The third kappa shape index (κ3) is 2.34. The van der Waals surface area contributed by atoms with Gasteiger partial charge in [-0.25, -0.2) is 0 Å². The molecule has 0 fully saturated rings. The van der Waals surface area contributed by atoms with Crippen LogP contribution in [0.5, 0.6) is 0 Å². The summed E-state index contributed by atoms with van der Waals surface area (Å²) in [7, 11) is -1.21. The van der Waals surface area contributed by atoms with Gasteiger partial charge in [-0.15, -0.1) is 6.58 Å². The van der Waals surface area contributed by atoms with E-state index in [4.69, 9.17) is 4.80 Å². The summed E-state index contributed by atoms with van der Waals surface area (Å²) in [5.41, 5.74) is 1.48. The van der Waals surface area contributed by atoms with Crippen molar-refractivity contribution in [2.75, 3.05) is 0 Å². The average Bonchev–Trinajstić information content (AvgIpc) is 1.65. The smallest absolute Gasteiger partial charge is 0.334 e. The van der Waals surface area contributed by atoms with Crippen molar-refractivity contribution in [1.29, 1.82) is 0 Å². The SMILES string of the molecule is C=C[SiH](O)O[SiH3]. The molecule has 0 spiro atoms. The summed E-state index contributed by atoms with van der Waals surface area (Å²) in [5, 5.41) is 0. The first kappa shape index (κ1) is 6.09. The Bertz CT molecular complexity index is 46.8. The van der Waals surface area contributed by atoms with Crippen LogP contribution in [0.4, 0.5) is 0 Å². The highest BCUT2D eigenvalue weighted by atomic mass is 28.3. The molecule has 0 radical (unpaired) electrons. The summed E-state index contributed by atoms with van der Waals surface area (Å²) in [6.07, 6.45) is 0. The van der Waals surface area contributed by atoms with Crippen LogP contribution in [0.2, 0.25) is 0 Å². The van der Waals surface area contributed by atoms with Crippen molar-refractivity contribution in [3.8, 4) is 0 Å². The van der Waals surface area contributed by atoms with Gasteiger partial charge in [-0.3, -0.25) is 0 Å². The molecule has 0 saturated carbocycles. The van der Waals surface area contributed by atoms with E-state index in [-0.39, 0.29) is 0 Å². The van der Waals surface area contributed by atoms with Gasteiger partial charge < -0.3 is 8.91 Å². The number of rotatable bonds is 2. The first-order valence-corrected chi connectivity index (χ1v) is 4.11. The Balaban J connectivity index is 2.96. The van der Waals surface area contributed by atoms with E-state index in [2.05, 4.69) is 10.7 Å². The average molecular weight is 120 g/mol. The highest BCUT2D eigenvalue weighted by Gasteiger charge is 1.91. The first-order valence-electron chi connectivity index (χ1n) is 1.64. The van der Waals surface area contributed by atoms with Gasteiger partial charge in [-0.2, -0.15) is 0 Å². The molecule has 0 aromatic heterocycles. The van der Waals surface area contributed by atoms with Gasteiger partial charge in [0.05, 0.1) is 0 Å². The minimum Gasteiger partial charge on any atom is -0.444 e. The van der Waals surface area contributed by atoms with Gasteiger partial charge in [-0.1, -0.05) is 5.70 Å². The molecule has 0 aromatic rings. The van der Waals surface area contributed by atoms with E-state index >= 15 is 0 Å². The second-order valence-electron chi connectivity index (χ2n) is 0.862. The molecule has 0 saturated heterocycles. The summed E-state index contributed by atoms with van der Waals surface area (Å²) in [5.74, 6) is 0. The van der Waals surface area contributed by atoms with Crippen LogP contribution in [-0.4, -0.2) is 24.6 Å². The Hall–Kier alpha value is 0.0938. The Morgan fingerprint density at radius 1 is 2.00 bits per heavy atom. The van der Waals surface area contributed by atoms with Crippen LogP contribution in [0.3, 0.4) is 0 Å². The molecule has 0 amide bonds. The summed E-state index contributed by atoms with van der Waals surface area (Å²) in [6.45, 7) is 3.34. The first-order chi connectivity index (χ1) is 2.81. The van der Waals surface area contributed by atoms with Crippen LogP contribution < -0.4 is 0 Å². The predicted molar refractivity (Wildman–Crippen MR) is 30.6 cm³/mol. The third-order valence-corrected chi connectivity index (χ3v) is 2.78. The minimum absolute atomic E-state index is 0.623. The Labute approximate surface area is 41.8 Å². The second-order valence-corrected chi connectivity index (χ2v) is 4.00. The number of hydrogen-bond donors (Lipinski definition) is 1. The van der Waals surface area contributed by atoms with Crippen molar-refractivity contribution < 1.29 is 8.91 Å². The molecule has 0 bridgehead atoms. The molecule has 4 heteroatoms. The standard InChI is InChI=1S/C2H8O2Si2/c1-2-6(3)4-5/h2-3,6H,1H2,5H3. The largest absolute Gasteiger partial charge is 0.444 e. The van der Waals surface area contributed by atoms with E-state index in [9.17, 15) is 0 Å². The van der Waals surface area contributed by atoms with Crippen LogP contribution in [-0.2, 0) is 4.12 Å². The molecule has 1 unspecified atom stereocenters. The number of hydrogen-bond acceptors (Lipinski definition) is 2. The van der Waals surface area contributed by atoms with Crippen molar-refractivity contribution in [3.05, 3.63) is 12.3 Å². The van der Waals surface area contributed by atoms with Gasteiger partial charge in [0.1, 0.15) is 10.5 Å². The molecule has 0 rings (SSSR count). The van der Waals surface area contributed by atoms with Crippen LogP contribution in [0, 0.1) is 0 Å². The van der Waals surface area contributed by atoms with Crippen LogP contribution in [0.25, 0.3) is 0 Å². The second kappa shape index (κ2) is 3.29. The van der Waals surface area contributed by atoms with E-state index in [1.807, 2.05) is 0 Å². The maximum absolute atomic E-state index is 8.50. The highest BCUT2D eigenvalue weighted by Crippen LogP contribution is 1.71. The summed E-state index contributed by atoms with van der Waals surface area (Å²) in [4.78, 5) is 8.50.